The quantitative estimate of drug-likeness (QED) is 0.864. The van der Waals surface area contributed by atoms with Gasteiger partial charge in [-0.2, -0.15) is 0 Å². The van der Waals surface area contributed by atoms with Gasteiger partial charge >= 0.3 is 5.97 Å². The summed E-state index contributed by atoms with van der Waals surface area (Å²) >= 11 is 0. The molecule has 19 heavy (non-hydrogen) atoms. The number of carboxylic acid groups (broad SMARTS) is 1. The van der Waals surface area contributed by atoms with E-state index < -0.39 is 5.97 Å². The molecule has 1 saturated heterocycles. The molecule has 5 heteroatoms. The third-order valence-corrected chi connectivity index (χ3v) is 3.65. The number of methoxy groups -OCH3 is 1. The number of aromatic hydroxyl groups is 1. The Kier molecular flexibility index (Phi) is 3.95. The number of aliphatic carboxylic acids is 1. The van der Waals surface area contributed by atoms with Gasteiger partial charge in [-0.3, -0.25) is 9.69 Å². The second-order valence-corrected chi connectivity index (χ2v) is 5.12. The van der Waals surface area contributed by atoms with Crippen molar-refractivity contribution < 1.29 is 19.7 Å². The van der Waals surface area contributed by atoms with Crippen molar-refractivity contribution in [3.05, 3.63) is 23.8 Å². The molecule has 0 radical (unpaired) electrons. The van der Waals surface area contributed by atoms with E-state index in [4.69, 9.17) is 9.84 Å². The summed E-state index contributed by atoms with van der Waals surface area (Å²) in [5.41, 5.74) is 0.955. The smallest absolute Gasteiger partial charge is 0.308 e. The van der Waals surface area contributed by atoms with Crippen LogP contribution in [0.15, 0.2) is 18.2 Å². The molecule has 1 aliphatic rings. The van der Waals surface area contributed by atoms with Crippen LogP contribution in [0.5, 0.6) is 11.5 Å². The number of phenolic OH excluding ortho intramolecular Hbond substituents is 1. The second kappa shape index (κ2) is 5.48. The average Bonchev–Trinajstić information content (AvgIpc) is 2.70. The Balaban J connectivity index is 2.03. The van der Waals surface area contributed by atoms with Gasteiger partial charge in [-0.15, -0.1) is 0 Å². The molecule has 2 rings (SSSR count). The molecule has 1 aromatic rings. The van der Waals surface area contributed by atoms with Crippen molar-refractivity contribution in [1.82, 2.24) is 4.90 Å². The lowest BCUT2D eigenvalue weighted by Gasteiger charge is -2.16. The van der Waals surface area contributed by atoms with E-state index in [-0.39, 0.29) is 17.6 Å². The van der Waals surface area contributed by atoms with Gasteiger partial charge in [-0.25, -0.2) is 0 Å². The standard InChI is InChI=1S/C14H19NO4/c1-9-6-15(8-11(9)14(17)18)7-10-3-4-13(19-2)12(16)5-10/h3-5,9,11,16H,6-8H2,1-2H3,(H,17,18). The topological polar surface area (TPSA) is 70.0 Å². The van der Waals surface area contributed by atoms with E-state index in [9.17, 15) is 9.90 Å². The molecule has 0 saturated carbocycles. The van der Waals surface area contributed by atoms with Gasteiger partial charge in [0.1, 0.15) is 0 Å². The van der Waals surface area contributed by atoms with Crippen molar-refractivity contribution in [2.75, 3.05) is 20.2 Å². The first-order chi connectivity index (χ1) is 9.01. The molecule has 0 aromatic heterocycles. The summed E-state index contributed by atoms with van der Waals surface area (Å²) in [6.07, 6.45) is 0. The number of rotatable bonds is 4. The summed E-state index contributed by atoms with van der Waals surface area (Å²) in [6, 6.07) is 5.27. The molecule has 1 fully saturated rings. The number of hydrogen-bond donors (Lipinski definition) is 2. The van der Waals surface area contributed by atoms with Crippen molar-refractivity contribution in [3.63, 3.8) is 0 Å². The lowest BCUT2D eigenvalue weighted by atomic mass is 9.99. The van der Waals surface area contributed by atoms with E-state index in [1.54, 1.807) is 12.1 Å². The highest BCUT2D eigenvalue weighted by molar-refractivity contribution is 5.71. The molecule has 2 atom stereocenters. The van der Waals surface area contributed by atoms with E-state index in [0.717, 1.165) is 12.1 Å². The number of carboxylic acids is 1. The molecule has 5 nitrogen and oxygen atoms in total. The third-order valence-electron chi connectivity index (χ3n) is 3.65. The minimum absolute atomic E-state index is 0.113. The van der Waals surface area contributed by atoms with Crippen molar-refractivity contribution in [1.29, 1.82) is 0 Å². The van der Waals surface area contributed by atoms with E-state index in [0.29, 0.717) is 18.8 Å². The van der Waals surface area contributed by atoms with Crippen LogP contribution >= 0.6 is 0 Å². The Bertz CT molecular complexity index is 475. The number of benzene rings is 1. The predicted octanol–water partition coefficient (Wildman–Crippen LogP) is 1.55. The lowest BCUT2D eigenvalue weighted by molar-refractivity contribution is -0.142. The van der Waals surface area contributed by atoms with Crippen LogP contribution in [0.25, 0.3) is 0 Å². The van der Waals surface area contributed by atoms with Crippen LogP contribution in [0.2, 0.25) is 0 Å². The van der Waals surface area contributed by atoms with Crippen LogP contribution in [0.3, 0.4) is 0 Å². The zero-order chi connectivity index (χ0) is 14.0. The monoisotopic (exact) mass is 265 g/mol. The van der Waals surface area contributed by atoms with Crippen molar-refractivity contribution in [2.45, 2.75) is 13.5 Å². The zero-order valence-corrected chi connectivity index (χ0v) is 11.2. The zero-order valence-electron chi connectivity index (χ0n) is 11.2. The van der Waals surface area contributed by atoms with Gasteiger partial charge in [0.2, 0.25) is 0 Å². The summed E-state index contributed by atoms with van der Waals surface area (Å²) < 4.78 is 4.99. The predicted molar refractivity (Wildman–Crippen MR) is 70.2 cm³/mol. The van der Waals surface area contributed by atoms with Crippen molar-refractivity contribution in [2.24, 2.45) is 11.8 Å². The second-order valence-electron chi connectivity index (χ2n) is 5.12. The maximum atomic E-state index is 11.1. The van der Waals surface area contributed by atoms with Crippen LogP contribution in [-0.4, -0.2) is 41.3 Å². The van der Waals surface area contributed by atoms with Gasteiger partial charge < -0.3 is 14.9 Å². The van der Waals surface area contributed by atoms with Gasteiger partial charge in [0.05, 0.1) is 13.0 Å². The largest absolute Gasteiger partial charge is 0.504 e. The molecule has 0 bridgehead atoms. The number of ether oxygens (including phenoxy) is 1. The fourth-order valence-corrected chi connectivity index (χ4v) is 2.61. The van der Waals surface area contributed by atoms with Crippen LogP contribution in [0.1, 0.15) is 12.5 Å². The van der Waals surface area contributed by atoms with Crippen molar-refractivity contribution in [3.8, 4) is 11.5 Å². The molecule has 104 valence electrons. The Hall–Kier alpha value is -1.75. The van der Waals surface area contributed by atoms with Crippen LogP contribution in [0.4, 0.5) is 0 Å². The molecular weight excluding hydrogens is 246 g/mol. The minimum Gasteiger partial charge on any atom is -0.504 e. The van der Waals surface area contributed by atoms with Crippen LogP contribution in [0, 0.1) is 11.8 Å². The number of phenols is 1. The van der Waals surface area contributed by atoms with Crippen LogP contribution < -0.4 is 4.74 Å². The molecule has 2 unspecified atom stereocenters. The number of hydrogen-bond acceptors (Lipinski definition) is 4. The fourth-order valence-electron chi connectivity index (χ4n) is 2.61. The van der Waals surface area contributed by atoms with E-state index in [2.05, 4.69) is 4.90 Å². The summed E-state index contributed by atoms with van der Waals surface area (Å²) in [5, 5.41) is 18.8. The molecule has 1 aromatic carbocycles. The summed E-state index contributed by atoms with van der Waals surface area (Å²) in [4.78, 5) is 13.2. The van der Waals surface area contributed by atoms with E-state index >= 15 is 0 Å². The van der Waals surface area contributed by atoms with Gasteiger partial charge in [0, 0.05) is 19.6 Å². The Labute approximate surface area is 112 Å². The first-order valence-corrected chi connectivity index (χ1v) is 6.32. The molecule has 0 aliphatic carbocycles. The molecule has 1 heterocycles. The van der Waals surface area contributed by atoms with E-state index in [1.165, 1.54) is 7.11 Å². The number of nitrogens with zero attached hydrogens (tertiary/aromatic N) is 1. The van der Waals surface area contributed by atoms with Crippen molar-refractivity contribution >= 4 is 5.97 Å². The number of likely N-dealkylation sites (tertiary alicyclic amines) is 1. The Morgan fingerprint density at radius 2 is 2.21 bits per heavy atom. The Morgan fingerprint density at radius 1 is 1.47 bits per heavy atom. The average molecular weight is 265 g/mol. The van der Waals surface area contributed by atoms with Gasteiger partial charge in [0.25, 0.3) is 0 Å². The van der Waals surface area contributed by atoms with Gasteiger partial charge in [-0.1, -0.05) is 13.0 Å². The van der Waals surface area contributed by atoms with E-state index in [1.807, 2.05) is 13.0 Å². The highest BCUT2D eigenvalue weighted by Gasteiger charge is 2.34. The molecule has 2 N–H and O–H groups in total. The number of carbonyl (C=O) groups is 1. The molecule has 1 aliphatic heterocycles. The first-order valence-electron chi connectivity index (χ1n) is 6.32. The first kappa shape index (κ1) is 13.7. The summed E-state index contributed by atoms with van der Waals surface area (Å²) in [6.45, 7) is 3.93. The fraction of sp³-hybridized carbons (Fsp3) is 0.500. The third kappa shape index (κ3) is 2.98. The SMILES string of the molecule is COc1ccc(CN2CC(C)C(C(=O)O)C2)cc1O. The summed E-state index contributed by atoms with van der Waals surface area (Å²) in [5.74, 6) is -0.312. The van der Waals surface area contributed by atoms with Gasteiger partial charge in [0.15, 0.2) is 11.5 Å². The molecule has 0 amide bonds. The normalized spacial score (nSPS) is 23.5. The minimum atomic E-state index is -0.729. The highest BCUT2D eigenvalue weighted by atomic mass is 16.5. The molecular formula is C14H19NO4. The van der Waals surface area contributed by atoms with Gasteiger partial charge in [-0.05, 0) is 23.6 Å². The maximum Gasteiger partial charge on any atom is 0.308 e. The maximum absolute atomic E-state index is 11.1. The molecule has 0 spiro atoms. The lowest BCUT2D eigenvalue weighted by Crippen LogP contribution is -2.23. The highest BCUT2D eigenvalue weighted by Crippen LogP contribution is 2.29. The summed E-state index contributed by atoms with van der Waals surface area (Å²) in [7, 11) is 1.51. The Morgan fingerprint density at radius 3 is 2.74 bits per heavy atom. The van der Waals surface area contributed by atoms with Crippen LogP contribution in [-0.2, 0) is 11.3 Å².